The number of nitrogens with two attached hydrogens (primary N) is 1. The number of rotatable bonds is 3. The molecule has 3 heteroatoms. The van der Waals surface area contributed by atoms with Crippen LogP contribution < -0.4 is 5.73 Å². The first-order chi connectivity index (χ1) is 8.99. The quantitative estimate of drug-likeness (QED) is 0.867. The zero-order chi connectivity index (χ0) is 14.0. The highest BCUT2D eigenvalue weighted by molar-refractivity contribution is 9.10. The maximum absolute atomic E-state index is 13.6. The molecule has 1 saturated carbocycles. The van der Waals surface area contributed by atoms with Crippen LogP contribution in [0.3, 0.4) is 0 Å². The van der Waals surface area contributed by atoms with E-state index in [0.717, 1.165) is 24.3 Å². The molecule has 0 aromatic heterocycles. The van der Waals surface area contributed by atoms with E-state index in [0.29, 0.717) is 16.3 Å². The number of halogens is 2. The summed E-state index contributed by atoms with van der Waals surface area (Å²) in [4.78, 5) is 0. The van der Waals surface area contributed by atoms with Crippen LogP contribution in [0.1, 0.15) is 38.7 Å². The third-order valence-electron chi connectivity index (χ3n) is 4.54. The van der Waals surface area contributed by atoms with Gasteiger partial charge in [0.15, 0.2) is 0 Å². The molecule has 1 fully saturated rings. The van der Waals surface area contributed by atoms with Gasteiger partial charge in [-0.25, -0.2) is 4.39 Å². The van der Waals surface area contributed by atoms with Crippen molar-refractivity contribution in [2.24, 2.45) is 23.5 Å². The fourth-order valence-corrected chi connectivity index (χ4v) is 3.58. The lowest BCUT2D eigenvalue weighted by molar-refractivity contribution is 0.189. The van der Waals surface area contributed by atoms with E-state index < -0.39 is 0 Å². The highest BCUT2D eigenvalue weighted by Crippen LogP contribution is 2.36. The van der Waals surface area contributed by atoms with Crippen molar-refractivity contribution in [2.45, 2.75) is 45.6 Å². The first-order valence-corrected chi connectivity index (χ1v) is 7.96. The van der Waals surface area contributed by atoms with Gasteiger partial charge < -0.3 is 5.73 Å². The summed E-state index contributed by atoms with van der Waals surface area (Å²) in [6.45, 7) is 4.58. The smallest absolute Gasteiger partial charge is 0.137 e. The highest BCUT2D eigenvalue weighted by Gasteiger charge is 2.30. The van der Waals surface area contributed by atoms with E-state index in [9.17, 15) is 4.39 Å². The summed E-state index contributed by atoms with van der Waals surface area (Å²) in [7, 11) is 0. The summed E-state index contributed by atoms with van der Waals surface area (Å²) in [6.07, 6.45) is 4.38. The van der Waals surface area contributed by atoms with Gasteiger partial charge in [-0.15, -0.1) is 0 Å². The highest BCUT2D eigenvalue weighted by atomic mass is 79.9. The Kier molecular flexibility index (Phi) is 5.02. The molecular formula is C16H23BrFN. The third kappa shape index (κ3) is 3.57. The minimum Gasteiger partial charge on any atom is -0.327 e. The molecular weight excluding hydrogens is 305 g/mol. The van der Waals surface area contributed by atoms with Gasteiger partial charge in [0.1, 0.15) is 5.82 Å². The number of benzene rings is 1. The molecule has 0 saturated heterocycles. The van der Waals surface area contributed by atoms with Gasteiger partial charge in [0.2, 0.25) is 0 Å². The Morgan fingerprint density at radius 3 is 2.79 bits per heavy atom. The molecule has 3 unspecified atom stereocenters. The summed E-state index contributed by atoms with van der Waals surface area (Å²) >= 11 is 3.36. The zero-order valence-corrected chi connectivity index (χ0v) is 13.3. The Hall–Kier alpha value is -0.410. The average molecular weight is 328 g/mol. The predicted molar refractivity (Wildman–Crippen MR) is 81.4 cm³/mol. The van der Waals surface area contributed by atoms with Crippen LogP contribution in [0.15, 0.2) is 22.7 Å². The second-order valence-corrected chi connectivity index (χ2v) is 6.95. The van der Waals surface area contributed by atoms with Crippen LogP contribution in [0.25, 0.3) is 0 Å². The fourth-order valence-electron chi connectivity index (χ4n) is 3.15. The minimum atomic E-state index is -0.178. The second-order valence-electron chi connectivity index (χ2n) is 6.16. The van der Waals surface area contributed by atoms with Crippen molar-refractivity contribution in [2.75, 3.05) is 0 Å². The van der Waals surface area contributed by atoms with Crippen molar-refractivity contribution in [3.8, 4) is 0 Å². The first kappa shape index (κ1) is 15.0. The topological polar surface area (TPSA) is 26.0 Å². The van der Waals surface area contributed by atoms with Crippen LogP contribution in [0.5, 0.6) is 0 Å². The van der Waals surface area contributed by atoms with Crippen molar-refractivity contribution in [3.63, 3.8) is 0 Å². The van der Waals surface area contributed by atoms with E-state index in [1.807, 2.05) is 6.07 Å². The largest absolute Gasteiger partial charge is 0.327 e. The molecule has 0 heterocycles. The fraction of sp³-hybridized carbons (Fsp3) is 0.625. The van der Waals surface area contributed by atoms with Crippen LogP contribution in [-0.4, -0.2) is 6.04 Å². The molecule has 1 aliphatic carbocycles. The second kappa shape index (κ2) is 6.36. The molecule has 0 spiro atoms. The summed E-state index contributed by atoms with van der Waals surface area (Å²) in [5, 5.41) is 0. The van der Waals surface area contributed by atoms with Gasteiger partial charge in [-0.1, -0.05) is 26.0 Å². The van der Waals surface area contributed by atoms with Crippen molar-refractivity contribution >= 4 is 15.9 Å². The van der Waals surface area contributed by atoms with E-state index in [1.54, 1.807) is 6.07 Å². The Morgan fingerprint density at radius 2 is 2.11 bits per heavy atom. The van der Waals surface area contributed by atoms with Gasteiger partial charge in [-0.3, -0.25) is 0 Å². The molecule has 1 aromatic rings. The molecule has 19 heavy (non-hydrogen) atoms. The monoisotopic (exact) mass is 327 g/mol. The summed E-state index contributed by atoms with van der Waals surface area (Å²) in [6, 6.07) is 5.53. The Morgan fingerprint density at radius 1 is 1.37 bits per heavy atom. The average Bonchev–Trinajstić information content (AvgIpc) is 2.37. The number of hydrogen-bond donors (Lipinski definition) is 1. The van der Waals surface area contributed by atoms with Gasteiger partial charge in [-0.05, 0) is 71.0 Å². The van der Waals surface area contributed by atoms with Crippen LogP contribution in [-0.2, 0) is 6.42 Å². The normalized spacial score (nSPS) is 27.8. The van der Waals surface area contributed by atoms with E-state index in [-0.39, 0.29) is 11.9 Å². The van der Waals surface area contributed by atoms with Crippen molar-refractivity contribution in [3.05, 3.63) is 34.1 Å². The summed E-state index contributed by atoms with van der Waals surface area (Å²) in [5.41, 5.74) is 7.31. The molecule has 106 valence electrons. The zero-order valence-electron chi connectivity index (χ0n) is 11.7. The lowest BCUT2D eigenvalue weighted by atomic mass is 9.72. The van der Waals surface area contributed by atoms with E-state index in [2.05, 4.69) is 29.8 Å². The van der Waals surface area contributed by atoms with Crippen LogP contribution in [0, 0.1) is 23.6 Å². The third-order valence-corrected chi connectivity index (χ3v) is 5.43. The Balaban J connectivity index is 2.10. The lowest BCUT2D eigenvalue weighted by Crippen LogP contribution is -2.38. The standard InChI is InChI=1S/C16H23BrFN/c1-10(2)11-6-7-15(19)13(8-11)9-12-4-3-5-14(18)16(12)17/h3-5,10-11,13,15H,6-9,19H2,1-2H3. The first-order valence-electron chi connectivity index (χ1n) is 7.17. The molecule has 3 atom stereocenters. The van der Waals surface area contributed by atoms with Gasteiger partial charge in [0, 0.05) is 6.04 Å². The van der Waals surface area contributed by atoms with Crippen molar-refractivity contribution in [1.29, 1.82) is 0 Å². The predicted octanol–water partition coefficient (Wildman–Crippen LogP) is 4.53. The maximum Gasteiger partial charge on any atom is 0.137 e. The van der Waals surface area contributed by atoms with Gasteiger partial charge >= 0.3 is 0 Å². The van der Waals surface area contributed by atoms with E-state index in [4.69, 9.17) is 5.73 Å². The summed E-state index contributed by atoms with van der Waals surface area (Å²) < 4.78 is 14.2. The molecule has 1 nitrogen and oxygen atoms in total. The Bertz CT molecular complexity index is 433. The maximum atomic E-state index is 13.6. The molecule has 0 radical (unpaired) electrons. The SMILES string of the molecule is CC(C)C1CCC(N)C(Cc2cccc(F)c2Br)C1. The van der Waals surface area contributed by atoms with Crippen LogP contribution >= 0.6 is 15.9 Å². The molecule has 1 aromatic carbocycles. The van der Waals surface area contributed by atoms with E-state index in [1.165, 1.54) is 18.9 Å². The molecule has 2 rings (SSSR count). The van der Waals surface area contributed by atoms with Crippen molar-refractivity contribution < 1.29 is 4.39 Å². The molecule has 0 bridgehead atoms. The van der Waals surface area contributed by atoms with Crippen LogP contribution in [0.2, 0.25) is 0 Å². The summed E-state index contributed by atoms with van der Waals surface area (Å²) in [5.74, 6) is 1.77. The van der Waals surface area contributed by atoms with E-state index >= 15 is 0 Å². The molecule has 1 aliphatic rings. The van der Waals surface area contributed by atoms with Gasteiger partial charge in [-0.2, -0.15) is 0 Å². The molecule has 2 N–H and O–H groups in total. The van der Waals surface area contributed by atoms with Gasteiger partial charge in [0.25, 0.3) is 0 Å². The number of hydrogen-bond acceptors (Lipinski definition) is 1. The lowest BCUT2D eigenvalue weighted by Gasteiger charge is -2.36. The Labute approximate surface area is 123 Å². The molecule has 0 amide bonds. The molecule has 0 aliphatic heterocycles. The van der Waals surface area contributed by atoms with Gasteiger partial charge in [0.05, 0.1) is 4.47 Å². The van der Waals surface area contributed by atoms with Crippen molar-refractivity contribution in [1.82, 2.24) is 0 Å². The van der Waals surface area contributed by atoms with Crippen LogP contribution in [0.4, 0.5) is 4.39 Å². The minimum absolute atomic E-state index is 0.178.